The minimum Gasteiger partial charge on any atom is -0.255 e. The second-order valence-corrected chi connectivity index (χ2v) is 6.11. The Morgan fingerprint density at radius 1 is 0.739 bits per heavy atom. The van der Waals surface area contributed by atoms with Crippen LogP contribution in [0.2, 0.25) is 0 Å². The standard InChI is InChI=1S/C19H18BrN3/c20-11-3-1-6-15-10-13-22-19(14-15)18-9-5-8-17(23-18)16-7-2-4-12-21-16/h2,4-5,7-10,12-14H,1,3,6,11H2. The molecule has 0 aliphatic rings. The lowest BCUT2D eigenvalue weighted by Crippen LogP contribution is -1.93. The molecule has 0 aliphatic carbocycles. The van der Waals surface area contributed by atoms with Gasteiger partial charge in [-0.3, -0.25) is 9.97 Å². The lowest BCUT2D eigenvalue weighted by atomic mass is 10.1. The Balaban J connectivity index is 1.86. The second-order valence-electron chi connectivity index (χ2n) is 5.32. The monoisotopic (exact) mass is 367 g/mol. The molecule has 0 aliphatic heterocycles. The van der Waals surface area contributed by atoms with E-state index >= 15 is 0 Å². The number of aromatic nitrogens is 3. The number of alkyl halides is 1. The molecular weight excluding hydrogens is 350 g/mol. The summed E-state index contributed by atoms with van der Waals surface area (Å²) in [5.74, 6) is 0. The van der Waals surface area contributed by atoms with Crippen molar-refractivity contribution in [2.45, 2.75) is 19.3 Å². The summed E-state index contributed by atoms with van der Waals surface area (Å²) in [4.78, 5) is 13.6. The molecule has 0 radical (unpaired) electrons. The highest BCUT2D eigenvalue weighted by Crippen LogP contribution is 2.21. The van der Waals surface area contributed by atoms with Crippen LogP contribution in [-0.2, 0) is 6.42 Å². The highest BCUT2D eigenvalue weighted by Gasteiger charge is 2.06. The van der Waals surface area contributed by atoms with E-state index in [-0.39, 0.29) is 0 Å². The maximum Gasteiger partial charge on any atom is 0.0894 e. The van der Waals surface area contributed by atoms with Crippen molar-refractivity contribution >= 4 is 15.9 Å². The van der Waals surface area contributed by atoms with E-state index in [2.05, 4.69) is 38.0 Å². The topological polar surface area (TPSA) is 38.7 Å². The van der Waals surface area contributed by atoms with Gasteiger partial charge in [-0.2, -0.15) is 0 Å². The predicted molar refractivity (Wildman–Crippen MR) is 97.4 cm³/mol. The fourth-order valence-corrected chi connectivity index (χ4v) is 2.82. The Labute approximate surface area is 145 Å². The third-order valence-electron chi connectivity index (χ3n) is 3.61. The number of halogens is 1. The molecule has 0 aromatic carbocycles. The van der Waals surface area contributed by atoms with E-state index in [0.29, 0.717) is 0 Å². The van der Waals surface area contributed by atoms with Gasteiger partial charge in [0.2, 0.25) is 0 Å². The van der Waals surface area contributed by atoms with Crippen molar-refractivity contribution in [2.75, 3.05) is 5.33 Å². The van der Waals surface area contributed by atoms with E-state index in [0.717, 1.165) is 34.5 Å². The van der Waals surface area contributed by atoms with Crippen LogP contribution in [0.1, 0.15) is 18.4 Å². The summed E-state index contributed by atoms with van der Waals surface area (Å²) in [6.07, 6.45) is 7.09. The van der Waals surface area contributed by atoms with Crippen molar-refractivity contribution < 1.29 is 0 Å². The molecule has 0 saturated heterocycles. The molecule has 0 bridgehead atoms. The van der Waals surface area contributed by atoms with Crippen LogP contribution in [0.25, 0.3) is 22.8 Å². The van der Waals surface area contributed by atoms with E-state index in [1.807, 2.05) is 42.6 Å². The number of pyridine rings is 3. The minimum absolute atomic E-state index is 0.870. The first kappa shape index (κ1) is 15.8. The van der Waals surface area contributed by atoms with Gasteiger partial charge in [-0.1, -0.05) is 28.1 Å². The summed E-state index contributed by atoms with van der Waals surface area (Å²) in [7, 11) is 0. The molecule has 0 atom stereocenters. The van der Waals surface area contributed by atoms with Gasteiger partial charge in [0.1, 0.15) is 0 Å². The van der Waals surface area contributed by atoms with Gasteiger partial charge in [-0.05, 0) is 61.2 Å². The van der Waals surface area contributed by atoms with Crippen LogP contribution in [0.15, 0.2) is 60.9 Å². The number of rotatable bonds is 6. The Hall–Kier alpha value is -2.07. The smallest absolute Gasteiger partial charge is 0.0894 e. The fraction of sp³-hybridized carbons (Fsp3) is 0.211. The molecule has 3 aromatic heterocycles. The van der Waals surface area contributed by atoms with Gasteiger partial charge in [0, 0.05) is 17.7 Å². The lowest BCUT2D eigenvalue weighted by molar-refractivity contribution is 0.805. The molecule has 3 aromatic rings. The Bertz CT molecular complexity index is 759. The summed E-state index contributed by atoms with van der Waals surface area (Å²) in [6, 6.07) is 16.0. The summed E-state index contributed by atoms with van der Waals surface area (Å²) in [5.41, 5.74) is 4.85. The molecule has 0 unspecified atom stereocenters. The minimum atomic E-state index is 0.870. The third-order valence-corrected chi connectivity index (χ3v) is 4.17. The number of aryl methyl sites for hydroxylation is 1. The average Bonchev–Trinajstić information content (AvgIpc) is 2.63. The molecule has 0 amide bonds. The van der Waals surface area contributed by atoms with Gasteiger partial charge >= 0.3 is 0 Å². The summed E-state index contributed by atoms with van der Waals surface area (Å²) in [5, 5.41) is 1.05. The largest absolute Gasteiger partial charge is 0.255 e. The second kappa shape index (κ2) is 7.97. The molecule has 4 heteroatoms. The first-order valence-corrected chi connectivity index (χ1v) is 8.89. The zero-order valence-electron chi connectivity index (χ0n) is 12.8. The zero-order valence-corrected chi connectivity index (χ0v) is 14.4. The van der Waals surface area contributed by atoms with E-state index < -0.39 is 0 Å². The molecule has 116 valence electrons. The molecule has 0 N–H and O–H groups in total. The van der Waals surface area contributed by atoms with Crippen LogP contribution in [0, 0.1) is 0 Å². The van der Waals surface area contributed by atoms with Crippen LogP contribution in [-0.4, -0.2) is 20.3 Å². The first-order valence-electron chi connectivity index (χ1n) is 7.76. The Kier molecular flexibility index (Phi) is 5.48. The summed E-state index contributed by atoms with van der Waals surface area (Å²) >= 11 is 3.48. The van der Waals surface area contributed by atoms with Crippen molar-refractivity contribution in [3.8, 4) is 22.8 Å². The highest BCUT2D eigenvalue weighted by molar-refractivity contribution is 9.09. The quantitative estimate of drug-likeness (QED) is 0.458. The Morgan fingerprint density at radius 3 is 2.30 bits per heavy atom. The van der Waals surface area contributed by atoms with Crippen LogP contribution in [0.3, 0.4) is 0 Å². The molecule has 3 nitrogen and oxygen atoms in total. The van der Waals surface area contributed by atoms with Crippen molar-refractivity contribution in [1.82, 2.24) is 15.0 Å². The molecule has 3 heterocycles. The van der Waals surface area contributed by atoms with E-state index in [1.54, 1.807) is 6.20 Å². The van der Waals surface area contributed by atoms with E-state index in [4.69, 9.17) is 4.98 Å². The number of hydrogen-bond acceptors (Lipinski definition) is 3. The fourth-order valence-electron chi connectivity index (χ4n) is 2.43. The molecule has 0 spiro atoms. The number of unbranched alkanes of at least 4 members (excludes halogenated alkanes) is 1. The molecular formula is C19H18BrN3. The highest BCUT2D eigenvalue weighted by atomic mass is 79.9. The number of nitrogens with zero attached hydrogens (tertiary/aromatic N) is 3. The molecule has 23 heavy (non-hydrogen) atoms. The van der Waals surface area contributed by atoms with E-state index in [9.17, 15) is 0 Å². The van der Waals surface area contributed by atoms with Gasteiger partial charge in [0.25, 0.3) is 0 Å². The first-order chi connectivity index (χ1) is 11.4. The zero-order chi connectivity index (χ0) is 15.9. The third kappa shape index (κ3) is 4.23. The van der Waals surface area contributed by atoms with Crippen molar-refractivity contribution in [2.24, 2.45) is 0 Å². The van der Waals surface area contributed by atoms with Gasteiger partial charge < -0.3 is 0 Å². The SMILES string of the molecule is BrCCCCc1ccnc(-c2cccc(-c3ccccn3)n2)c1. The Morgan fingerprint density at radius 2 is 1.52 bits per heavy atom. The summed E-state index contributed by atoms with van der Waals surface area (Å²) in [6.45, 7) is 0. The van der Waals surface area contributed by atoms with Crippen LogP contribution >= 0.6 is 15.9 Å². The maximum absolute atomic E-state index is 4.72. The molecule has 0 saturated carbocycles. The van der Waals surface area contributed by atoms with Crippen LogP contribution < -0.4 is 0 Å². The molecule has 0 fully saturated rings. The van der Waals surface area contributed by atoms with Gasteiger partial charge in [-0.25, -0.2) is 4.98 Å². The lowest BCUT2D eigenvalue weighted by Gasteiger charge is -2.06. The van der Waals surface area contributed by atoms with Gasteiger partial charge in [0.15, 0.2) is 0 Å². The van der Waals surface area contributed by atoms with Crippen LogP contribution in [0.5, 0.6) is 0 Å². The summed E-state index contributed by atoms with van der Waals surface area (Å²) < 4.78 is 0. The predicted octanol–water partition coefficient (Wildman–Crippen LogP) is 4.92. The van der Waals surface area contributed by atoms with Crippen molar-refractivity contribution in [3.05, 3.63) is 66.5 Å². The number of hydrogen-bond donors (Lipinski definition) is 0. The normalized spacial score (nSPS) is 10.7. The molecule has 3 rings (SSSR count). The van der Waals surface area contributed by atoms with Crippen molar-refractivity contribution in [1.29, 1.82) is 0 Å². The van der Waals surface area contributed by atoms with Crippen molar-refractivity contribution in [3.63, 3.8) is 0 Å². The van der Waals surface area contributed by atoms with Gasteiger partial charge in [-0.15, -0.1) is 0 Å². The van der Waals surface area contributed by atoms with Crippen LogP contribution in [0.4, 0.5) is 0 Å². The van der Waals surface area contributed by atoms with E-state index in [1.165, 1.54) is 18.4 Å². The van der Waals surface area contributed by atoms with Gasteiger partial charge in [0.05, 0.1) is 22.8 Å². The average molecular weight is 368 g/mol. The maximum atomic E-state index is 4.72.